The Hall–Kier alpha value is -1.99. The summed E-state index contributed by atoms with van der Waals surface area (Å²) < 4.78 is 0. The SMILES string of the molecule is CN(Cc1cccs1)C(=O)CN1CCN(c2ncccn2)CC1. The van der Waals surface area contributed by atoms with Crippen molar-refractivity contribution in [1.29, 1.82) is 0 Å². The van der Waals surface area contributed by atoms with Crippen LogP contribution < -0.4 is 4.90 Å². The summed E-state index contributed by atoms with van der Waals surface area (Å²) in [4.78, 5) is 28.3. The Kier molecular flexibility index (Phi) is 5.19. The molecule has 3 rings (SSSR count). The second-order valence-corrected chi connectivity index (χ2v) is 6.67. The Morgan fingerprint density at radius 2 is 1.96 bits per heavy atom. The molecule has 1 aliphatic rings. The maximum absolute atomic E-state index is 12.3. The number of carbonyl (C=O) groups excluding carboxylic acids is 1. The number of likely N-dealkylation sites (N-methyl/N-ethyl adjacent to an activating group) is 1. The fourth-order valence-electron chi connectivity index (χ4n) is 2.60. The van der Waals surface area contributed by atoms with Crippen LogP contribution in [0.2, 0.25) is 0 Å². The van der Waals surface area contributed by atoms with Gasteiger partial charge in [0.25, 0.3) is 0 Å². The standard InChI is InChI=1S/C16H21N5OS/c1-19(12-14-4-2-11-23-14)15(22)13-20-7-9-21(10-8-20)16-17-5-3-6-18-16/h2-6,11H,7-10,12-13H2,1H3. The van der Waals surface area contributed by atoms with Gasteiger partial charge in [-0.2, -0.15) is 0 Å². The minimum absolute atomic E-state index is 0.169. The lowest BCUT2D eigenvalue weighted by atomic mass is 10.3. The normalized spacial score (nSPS) is 15.6. The summed E-state index contributed by atoms with van der Waals surface area (Å²) in [5.41, 5.74) is 0. The lowest BCUT2D eigenvalue weighted by Gasteiger charge is -2.34. The molecule has 0 saturated carbocycles. The zero-order valence-electron chi connectivity index (χ0n) is 13.3. The molecule has 122 valence electrons. The number of hydrogen-bond donors (Lipinski definition) is 0. The summed E-state index contributed by atoms with van der Waals surface area (Å²) in [6.45, 7) is 4.59. The third-order valence-electron chi connectivity index (χ3n) is 3.97. The molecular formula is C16H21N5OS. The Balaban J connectivity index is 1.46. The smallest absolute Gasteiger partial charge is 0.236 e. The van der Waals surface area contributed by atoms with E-state index in [4.69, 9.17) is 0 Å². The van der Waals surface area contributed by atoms with Crippen LogP contribution >= 0.6 is 11.3 Å². The molecule has 7 heteroatoms. The van der Waals surface area contributed by atoms with Gasteiger partial charge >= 0.3 is 0 Å². The van der Waals surface area contributed by atoms with Crippen LogP contribution in [0.5, 0.6) is 0 Å². The van der Waals surface area contributed by atoms with Gasteiger partial charge in [-0.15, -0.1) is 11.3 Å². The summed E-state index contributed by atoms with van der Waals surface area (Å²) in [5.74, 6) is 0.941. The highest BCUT2D eigenvalue weighted by atomic mass is 32.1. The molecule has 0 N–H and O–H groups in total. The molecule has 0 aliphatic carbocycles. The molecule has 1 saturated heterocycles. The number of amides is 1. The number of thiophene rings is 1. The van der Waals surface area contributed by atoms with Crippen LogP contribution in [0.25, 0.3) is 0 Å². The zero-order valence-corrected chi connectivity index (χ0v) is 14.1. The first kappa shape index (κ1) is 15.9. The summed E-state index contributed by atoms with van der Waals surface area (Å²) in [5, 5.41) is 2.04. The van der Waals surface area contributed by atoms with E-state index in [2.05, 4.69) is 25.8 Å². The first-order valence-electron chi connectivity index (χ1n) is 7.73. The molecule has 2 aromatic heterocycles. The molecule has 2 aromatic rings. The van der Waals surface area contributed by atoms with Crippen molar-refractivity contribution in [1.82, 2.24) is 19.8 Å². The van der Waals surface area contributed by atoms with Gasteiger partial charge in [0.05, 0.1) is 13.1 Å². The van der Waals surface area contributed by atoms with Crippen molar-refractivity contribution in [2.24, 2.45) is 0 Å². The van der Waals surface area contributed by atoms with Gasteiger partial charge < -0.3 is 9.80 Å². The van der Waals surface area contributed by atoms with Crippen LogP contribution in [0.4, 0.5) is 5.95 Å². The number of piperazine rings is 1. The van der Waals surface area contributed by atoms with E-state index in [1.807, 2.05) is 24.6 Å². The molecule has 1 amide bonds. The van der Waals surface area contributed by atoms with Gasteiger partial charge in [0.1, 0.15) is 0 Å². The van der Waals surface area contributed by atoms with Gasteiger partial charge in [0.2, 0.25) is 11.9 Å². The van der Waals surface area contributed by atoms with E-state index in [0.717, 1.165) is 32.1 Å². The van der Waals surface area contributed by atoms with Crippen LogP contribution in [-0.2, 0) is 11.3 Å². The molecule has 6 nitrogen and oxygen atoms in total. The first-order valence-corrected chi connectivity index (χ1v) is 8.61. The van der Waals surface area contributed by atoms with E-state index in [-0.39, 0.29) is 5.91 Å². The highest BCUT2D eigenvalue weighted by molar-refractivity contribution is 7.09. The van der Waals surface area contributed by atoms with Crippen molar-refractivity contribution < 1.29 is 4.79 Å². The van der Waals surface area contributed by atoms with E-state index in [1.165, 1.54) is 4.88 Å². The second kappa shape index (κ2) is 7.52. The predicted octanol–water partition coefficient (Wildman–Crippen LogP) is 1.32. The lowest BCUT2D eigenvalue weighted by Crippen LogP contribution is -2.50. The van der Waals surface area contributed by atoms with Crippen LogP contribution in [0.1, 0.15) is 4.88 Å². The third-order valence-corrected chi connectivity index (χ3v) is 4.83. The molecule has 0 radical (unpaired) electrons. The maximum atomic E-state index is 12.3. The average Bonchev–Trinajstić information content (AvgIpc) is 3.09. The fourth-order valence-corrected chi connectivity index (χ4v) is 3.35. The molecule has 0 atom stereocenters. The largest absolute Gasteiger partial charge is 0.340 e. The zero-order chi connectivity index (χ0) is 16.1. The van der Waals surface area contributed by atoms with Crippen LogP contribution in [0.15, 0.2) is 36.0 Å². The number of aromatic nitrogens is 2. The van der Waals surface area contributed by atoms with E-state index >= 15 is 0 Å². The van der Waals surface area contributed by atoms with E-state index in [0.29, 0.717) is 13.1 Å². The van der Waals surface area contributed by atoms with E-state index in [1.54, 1.807) is 28.6 Å². The molecule has 0 unspecified atom stereocenters. The minimum atomic E-state index is 0.169. The fraction of sp³-hybridized carbons (Fsp3) is 0.438. The first-order chi connectivity index (χ1) is 11.2. The van der Waals surface area contributed by atoms with Crippen LogP contribution in [0, 0.1) is 0 Å². The molecular weight excluding hydrogens is 310 g/mol. The van der Waals surface area contributed by atoms with Gasteiger partial charge in [0, 0.05) is 50.5 Å². The Morgan fingerprint density at radius 1 is 1.22 bits per heavy atom. The Labute approximate surface area is 140 Å². The van der Waals surface area contributed by atoms with Crippen molar-refractivity contribution in [3.05, 3.63) is 40.8 Å². The highest BCUT2D eigenvalue weighted by Crippen LogP contribution is 2.12. The summed E-state index contributed by atoms with van der Waals surface area (Å²) in [6.07, 6.45) is 3.52. The van der Waals surface area contributed by atoms with Gasteiger partial charge in [-0.1, -0.05) is 6.07 Å². The summed E-state index contributed by atoms with van der Waals surface area (Å²) in [7, 11) is 1.87. The molecule has 1 aliphatic heterocycles. The monoisotopic (exact) mass is 331 g/mol. The highest BCUT2D eigenvalue weighted by Gasteiger charge is 2.21. The van der Waals surface area contributed by atoms with Gasteiger partial charge in [-0.05, 0) is 17.5 Å². The van der Waals surface area contributed by atoms with Gasteiger partial charge in [-0.25, -0.2) is 9.97 Å². The Bertz CT molecular complexity index is 611. The van der Waals surface area contributed by atoms with Crippen molar-refractivity contribution >= 4 is 23.2 Å². The quantitative estimate of drug-likeness (QED) is 0.827. The average molecular weight is 331 g/mol. The predicted molar refractivity (Wildman–Crippen MR) is 91.5 cm³/mol. The molecule has 0 spiro atoms. The lowest BCUT2D eigenvalue weighted by molar-refractivity contribution is -0.131. The van der Waals surface area contributed by atoms with E-state index < -0.39 is 0 Å². The molecule has 23 heavy (non-hydrogen) atoms. The third kappa shape index (κ3) is 4.27. The van der Waals surface area contributed by atoms with Crippen molar-refractivity contribution in [3.8, 4) is 0 Å². The van der Waals surface area contributed by atoms with Crippen molar-refractivity contribution in [2.45, 2.75) is 6.54 Å². The van der Waals surface area contributed by atoms with Gasteiger partial charge in [-0.3, -0.25) is 9.69 Å². The van der Waals surface area contributed by atoms with Crippen LogP contribution in [-0.4, -0.2) is 65.4 Å². The molecule has 1 fully saturated rings. The molecule has 3 heterocycles. The Morgan fingerprint density at radius 3 is 2.61 bits per heavy atom. The number of carbonyl (C=O) groups is 1. The number of nitrogens with zero attached hydrogens (tertiary/aromatic N) is 5. The molecule has 0 bridgehead atoms. The topological polar surface area (TPSA) is 52.6 Å². The summed E-state index contributed by atoms with van der Waals surface area (Å²) in [6, 6.07) is 5.90. The van der Waals surface area contributed by atoms with Crippen molar-refractivity contribution in [3.63, 3.8) is 0 Å². The molecule has 0 aromatic carbocycles. The number of rotatable bonds is 5. The summed E-state index contributed by atoms with van der Waals surface area (Å²) >= 11 is 1.68. The van der Waals surface area contributed by atoms with Crippen LogP contribution in [0.3, 0.4) is 0 Å². The number of anilines is 1. The van der Waals surface area contributed by atoms with Crippen molar-refractivity contribution in [2.75, 3.05) is 44.7 Å². The van der Waals surface area contributed by atoms with E-state index in [9.17, 15) is 4.79 Å². The number of hydrogen-bond acceptors (Lipinski definition) is 6. The maximum Gasteiger partial charge on any atom is 0.236 e. The minimum Gasteiger partial charge on any atom is -0.340 e. The second-order valence-electron chi connectivity index (χ2n) is 5.64. The van der Waals surface area contributed by atoms with Gasteiger partial charge in [0.15, 0.2) is 0 Å².